The monoisotopic (exact) mass is 273 g/mol. The molecule has 0 saturated heterocycles. The summed E-state index contributed by atoms with van der Waals surface area (Å²) >= 11 is 1.84. The Morgan fingerprint density at radius 1 is 1.26 bits per heavy atom. The number of hydrogen-bond acceptors (Lipinski definition) is 4. The fourth-order valence-corrected chi connectivity index (χ4v) is 2.76. The molecular formula is C15H19N3S. The van der Waals surface area contributed by atoms with Gasteiger partial charge in [-0.1, -0.05) is 25.1 Å². The van der Waals surface area contributed by atoms with Crippen molar-refractivity contribution in [2.75, 3.05) is 18.5 Å². The molecule has 0 aliphatic heterocycles. The van der Waals surface area contributed by atoms with Gasteiger partial charge in [-0.05, 0) is 36.6 Å². The maximum Gasteiger partial charge on any atom is 0.128 e. The van der Waals surface area contributed by atoms with E-state index in [1.807, 2.05) is 30.9 Å². The van der Waals surface area contributed by atoms with Gasteiger partial charge in [0, 0.05) is 16.7 Å². The summed E-state index contributed by atoms with van der Waals surface area (Å²) in [5.74, 6) is 1.67. The van der Waals surface area contributed by atoms with Crippen LogP contribution in [-0.2, 0) is 0 Å². The molecule has 0 saturated carbocycles. The summed E-state index contributed by atoms with van der Waals surface area (Å²) in [6.45, 7) is 2.16. The Kier molecular flexibility index (Phi) is 4.82. The quantitative estimate of drug-likeness (QED) is 0.822. The van der Waals surface area contributed by atoms with Crippen LogP contribution in [0.5, 0.6) is 0 Å². The first-order chi connectivity index (χ1) is 9.26. The number of anilines is 1. The van der Waals surface area contributed by atoms with E-state index in [0.717, 1.165) is 11.3 Å². The van der Waals surface area contributed by atoms with Crippen molar-refractivity contribution < 1.29 is 0 Å². The molecule has 100 valence electrons. The first kappa shape index (κ1) is 13.9. The van der Waals surface area contributed by atoms with Crippen LogP contribution in [0, 0.1) is 0 Å². The second-order valence-corrected chi connectivity index (χ2v) is 5.54. The lowest BCUT2D eigenvalue weighted by atomic mass is 9.99. The first-order valence-electron chi connectivity index (χ1n) is 6.36. The van der Waals surface area contributed by atoms with Gasteiger partial charge in [0.25, 0.3) is 0 Å². The molecule has 2 aromatic rings. The number of pyridine rings is 1. The summed E-state index contributed by atoms with van der Waals surface area (Å²) in [5, 5.41) is 3.30. The lowest BCUT2D eigenvalue weighted by Gasteiger charge is -2.18. The zero-order valence-electron chi connectivity index (χ0n) is 11.3. The second-order valence-electron chi connectivity index (χ2n) is 4.20. The third-order valence-corrected chi connectivity index (χ3v) is 3.89. The molecule has 0 aliphatic carbocycles. The summed E-state index contributed by atoms with van der Waals surface area (Å²) < 4.78 is 0. The number of rotatable bonds is 5. The SMILES string of the molecule is CCSc1ccc(C(NC)c2cccnc2N)cc1. The molecule has 0 bridgehead atoms. The van der Waals surface area contributed by atoms with Crippen LogP contribution in [-0.4, -0.2) is 17.8 Å². The first-order valence-corrected chi connectivity index (χ1v) is 7.35. The number of nitrogen functional groups attached to an aromatic ring is 1. The van der Waals surface area contributed by atoms with Gasteiger partial charge in [-0.25, -0.2) is 4.98 Å². The highest BCUT2D eigenvalue weighted by molar-refractivity contribution is 7.99. The van der Waals surface area contributed by atoms with Gasteiger partial charge in [0.05, 0.1) is 6.04 Å². The van der Waals surface area contributed by atoms with E-state index in [-0.39, 0.29) is 6.04 Å². The van der Waals surface area contributed by atoms with Crippen LogP contribution < -0.4 is 11.1 Å². The third kappa shape index (κ3) is 3.28. The Hall–Kier alpha value is -1.52. The van der Waals surface area contributed by atoms with Gasteiger partial charge in [0.15, 0.2) is 0 Å². The van der Waals surface area contributed by atoms with E-state index >= 15 is 0 Å². The molecule has 2 rings (SSSR count). The van der Waals surface area contributed by atoms with Gasteiger partial charge in [-0.3, -0.25) is 0 Å². The van der Waals surface area contributed by atoms with Crippen molar-refractivity contribution in [2.24, 2.45) is 0 Å². The number of nitrogens with one attached hydrogen (secondary N) is 1. The van der Waals surface area contributed by atoms with E-state index in [0.29, 0.717) is 5.82 Å². The topological polar surface area (TPSA) is 50.9 Å². The van der Waals surface area contributed by atoms with Crippen molar-refractivity contribution in [3.63, 3.8) is 0 Å². The zero-order valence-corrected chi connectivity index (χ0v) is 12.1. The molecule has 3 N–H and O–H groups in total. The number of benzene rings is 1. The van der Waals surface area contributed by atoms with Gasteiger partial charge < -0.3 is 11.1 Å². The molecule has 1 aromatic carbocycles. The second kappa shape index (κ2) is 6.59. The molecule has 1 atom stereocenters. The molecule has 1 heterocycles. The zero-order chi connectivity index (χ0) is 13.7. The van der Waals surface area contributed by atoms with Crippen LogP contribution in [0.25, 0.3) is 0 Å². The average molecular weight is 273 g/mol. The highest BCUT2D eigenvalue weighted by Gasteiger charge is 2.14. The lowest BCUT2D eigenvalue weighted by molar-refractivity contribution is 0.691. The van der Waals surface area contributed by atoms with Crippen molar-refractivity contribution in [1.82, 2.24) is 10.3 Å². The number of aromatic nitrogens is 1. The minimum absolute atomic E-state index is 0.0781. The smallest absolute Gasteiger partial charge is 0.128 e. The van der Waals surface area contributed by atoms with Crippen LogP contribution >= 0.6 is 11.8 Å². The summed E-state index contributed by atoms with van der Waals surface area (Å²) in [6, 6.07) is 12.6. The van der Waals surface area contributed by atoms with Crippen molar-refractivity contribution in [3.8, 4) is 0 Å². The minimum Gasteiger partial charge on any atom is -0.383 e. The highest BCUT2D eigenvalue weighted by Crippen LogP contribution is 2.27. The number of thioether (sulfide) groups is 1. The van der Waals surface area contributed by atoms with E-state index < -0.39 is 0 Å². The summed E-state index contributed by atoms with van der Waals surface area (Å²) in [4.78, 5) is 5.45. The van der Waals surface area contributed by atoms with Crippen LogP contribution in [0.1, 0.15) is 24.1 Å². The maximum absolute atomic E-state index is 5.96. The molecule has 0 radical (unpaired) electrons. The highest BCUT2D eigenvalue weighted by atomic mass is 32.2. The summed E-state index contributed by atoms with van der Waals surface area (Å²) in [5.41, 5.74) is 8.17. The number of hydrogen-bond donors (Lipinski definition) is 2. The Balaban J connectivity index is 2.29. The van der Waals surface area contributed by atoms with Crippen LogP contribution in [0.3, 0.4) is 0 Å². The average Bonchev–Trinajstić information content (AvgIpc) is 2.44. The number of nitrogens with two attached hydrogens (primary N) is 1. The van der Waals surface area contributed by atoms with Crippen molar-refractivity contribution in [1.29, 1.82) is 0 Å². The molecule has 19 heavy (non-hydrogen) atoms. The minimum atomic E-state index is 0.0781. The molecule has 0 aliphatic rings. The van der Waals surface area contributed by atoms with Gasteiger partial charge in [-0.2, -0.15) is 0 Å². The normalized spacial score (nSPS) is 12.3. The van der Waals surface area contributed by atoms with Gasteiger partial charge in [0.2, 0.25) is 0 Å². The van der Waals surface area contributed by atoms with Crippen LogP contribution in [0.2, 0.25) is 0 Å². The Morgan fingerprint density at radius 2 is 2.00 bits per heavy atom. The van der Waals surface area contributed by atoms with Crippen LogP contribution in [0.4, 0.5) is 5.82 Å². The number of nitrogens with zero attached hydrogens (tertiary/aromatic N) is 1. The third-order valence-electron chi connectivity index (χ3n) is 3.00. The molecule has 0 spiro atoms. The lowest BCUT2D eigenvalue weighted by Crippen LogP contribution is -2.19. The van der Waals surface area contributed by atoms with Crippen molar-refractivity contribution in [3.05, 3.63) is 53.7 Å². The molecule has 4 heteroatoms. The van der Waals surface area contributed by atoms with Crippen molar-refractivity contribution in [2.45, 2.75) is 17.9 Å². The Labute approximate surface area is 118 Å². The van der Waals surface area contributed by atoms with E-state index in [1.54, 1.807) is 6.20 Å². The fraction of sp³-hybridized carbons (Fsp3) is 0.267. The Morgan fingerprint density at radius 3 is 2.58 bits per heavy atom. The van der Waals surface area contributed by atoms with E-state index in [2.05, 4.69) is 41.5 Å². The molecule has 0 amide bonds. The van der Waals surface area contributed by atoms with E-state index in [1.165, 1.54) is 10.5 Å². The molecule has 1 aromatic heterocycles. The maximum atomic E-state index is 5.96. The van der Waals surface area contributed by atoms with Crippen LogP contribution in [0.15, 0.2) is 47.5 Å². The molecule has 1 unspecified atom stereocenters. The molecular weight excluding hydrogens is 254 g/mol. The predicted octanol–water partition coefficient (Wildman–Crippen LogP) is 3.08. The summed E-state index contributed by atoms with van der Waals surface area (Å²) in [7, 11) is 1.94. The summed E-state index contributed by atoms with van der Waals surface area (Å²) in [6.07, 6.45) is 1.71. The van der Waals surface area contributed by atoms with Gasteiger partial charge in [-0.15, -0.1) is 11.8 Å². The standard InChI is InChI=1S/C15H19N3S/c1-3-19-12-8-6-11(7-9-12)14(17-2)13-5-4-10-18-15(13)16/h4-10,14,17H,3H2,1-2H3,(H2,16,18). The molecule has 0 fully saturated rings. The van der Waals surface area contributed by atoms with Crippen molar-refractivity contribution >= 4 is 17.6 Å². The largest absolute Gasteiger partial charge is 0.383 e. The van der Waals surface area contributed by atoms with Gasteiger partial charge >= 0.3 is 0 Å². The van der Waals surface area contributed by atoms with E-state index in [9.17, 15) is 0 Å². The fourth-order valence-electron chi connectivity index (χ4n) is 2.10. The predicted molar refractivity (Wildman–Crippen MR) is 82.4 cm³/mol. The molecule has 3 nitrogen and oxygen atoms in total. The van der Waals surface area contributed by atoms with E-state index in [4.69, 9.17) is 5.73 Å². The van der Waals surface area contributed by atoms with Gasteiger partial charge in [0.1, 0.15) is 5.82 Å². The Bertz CT molecular complexity index is 525.